The Morgan fingerprint density at radius 3 is 2.53 bits per heavy atom. The monoisotopic (exact) mass is 430 g/mol. The molecular weight excluding hydrogens is 407 g/mol. The van der Waals surface area contributed by atoms with Crippen molar-refractivity contribution < 1.29 is 13.9 Å². The van der Waals surface area contributed by atoms with Crippen molar-refractivity contribution in [3.05, 3.63) is 83.3 Å². The SMILES string of the molecule is CC(=O)Oc1cccc(C#Cc2ccc(N3CCN(Cc4ccccc4F)CC3)nn2)c1. The quantitative estimate of drug-likeness (QED) is 0.360. The van der Waals surface area contributed by atoms with Gasteiger partial charge in [-0.1, -0.05) is 30.2 Å². The largest absolute Gasteiger partial charge is 0.427 e. The van der Waals surface area contributed by atoms with E-state index in [0.29, 0.717) is 18.0 Å². The van der Waals surface area contributed by atoms with Gasteiger partial charge >= 0.3 is 5.97 Å². The zero-order valence-electron chi connectivity index (χ0n) is 17.8. The van der Waals surface area contributed by atoms with Gasteiger partial charge in [0.1, 0.15) is 17.3 Å². The summed E-state index contributed by atoms with van der Waals surface area (Å²) in [4.78, 5) is 15.5. The third kappa shape index (κ3) is 5.68. The number of ether oxygens (including phenoxy) is 1. The first-order chi connectivity index (χ1) is 15.6. The molecule has 0 spiro atoms. The predicted molar refractivity (Wildman–Crippen MR) is 120 cm³/mol. The van der Waals surface area contributed by atoms with Crippen LogP contribution in [0.15, 0.2) is 60.7 Å². The van der Waals surface area contributed by atoms with Gasteiger partial charge in [-0.05, 0) is 42.3 Å². The van der Waals surface area contributed by atoms with Crippen LogP contribution in [-0.2, 0) is 11.3 Å². The van der Waals surface area contributed by atoms with Crippen molar-refractivity contribution in [2.24, 2.45) is 0 Å². The zero-order chi connectivity index (χ0) is 22.3. The van der Waals surface area contributed by atoms with E-state index in [1.165, 1.54) is 13.0 Å². The summed E-state index contributed by atoms with van der Waals surface area (Å²) in [6.45, 7) is 5.23. The zero-order valence-corrected chi connectivity index (χ0v) is 17.8. The maximum Gasteiger partial charge on any atom is 0.308 e. The van der Waals surface area contributed by atoms with Crippen LogP contribution in [0, 0.1) is 17.7 Å². The van der Waals surface area contributed by atoms with Crippen molar-refractivity contribution >= 4 is 11.8 Å². The molecule has 4 rings (SSSR count). The minimum Gasteiger partial charge on any atom is -0.427 e. The molecule has 0 unspecified atom stereocenters. The van der Waals surface area contributed by atoms with Gasteiger partial charge in [0.05, 0.1) is 0 Å². The molecule has 1 fully saturated rings. The second kappa shape index (κ2) is 10.0. The van der Waals surface area contributed by atoms with E-state index in [0.717, 1.165) is 43.1 Å². The summed E-state index contributed by atoms with van der Waals surface area (Å²) in [6.07, 6.45) is 0. The molecular formula is C25H23FN4O2. The number of anilines is 1. The Balaban J connectivity index is 1.34. The number of carbonyl (C=O) groups excluding carboxylic acids is 1. The van der Waals surface area contributed by atoms with Crippen molar-refractivity contribution in [3.8, 4) is 17.6 Å². The lowest BCUT2D eigenvalue weighted by Gasteiger charge is -2.35. The molecule has 0 bridgehead atoms. The number of carbonyl (C=O) groups is 1. The van der Waals surface area contributed by atoms with Gasteiger partial charge in [-0.25, -0.2) is 4.39 Å². The molecule has 1 aliphatic rings. The highest BCUT2D eigenvalue weighted by atomic mass is 19.1. The van der Waals surface area contributed by atoms with Crippen LogP contribution in [0.3, 0.4) is 0 Å². The number of nitrogens with zero attached hydrogens (tertiary/aromatic N) is 4. The molecule has 0 saturated carbocycles. The molecule has 32 heavy (non-hydrogen) atoms. The minimum atomic E-state index is -0.371. The first-order valence-electron chi connectivity index (χ1n) is 10.4. The first kappa shape index (κ1) is 21.5. The number of piperazine rings is 1. The van der Waals surface area contributed by atoms with Gasteiger partial charge in [0.2, 0.25) is 0 Å². The molecule has 0 aliphatic carbocycles. The summed E-state index contributed by atoms with van der Waals surface area (Å²) >= 11 is 0. The Morgan fingerprint density at radius 1 is 1.00 bits per heavy atom. The standard InChI is InChI=1S/C25H23FN4O2/c1-19(31)32-23-7-4-5-20(17-23)9-10-22-11-12-25(28-27-22)30-15-13-29(14-16-30)18-21-6-2-3-8-24(21)26/h2-8,11-12,17H,13-16,18H2,1H3. The number of aromatic nitrogens is 2. The molecule has 1 aliphatic heterocycles. The van der Waals surface area contributed by atoms with E-state index >= 15 is 0 Å². The van der Waals surface area contributed by atoms with E-state index < -0.39 is 0 Å². The molecule has 0 N–H and O–H groups in total. The molecule has 0 amide bonds. The van der Waals surface area contributed by atoms with E-state index in [4.69, 9.17) is 4.74 Å². The average molecular weight is 430 g/mol. The molecule has 7 heteroatoms. The van der Waals surface area contributed by atoms with Crippen molar-refractivity contribution in [2.45, 2.75) is 13.5 Å². The van der Waals surface area contributed by atoms with Gasteiger partial charge in [-0.15, -0.1) is 10.2 Å². The number of rotatable bonds is 4. The fourth-order valence-electron chi connectivity index (χ4n) is 3.50. The molecule has 0 atom stereocenters. The molecule has 2 heterocycles. The summed E-state index contributed by atoms with van der Waals surface area (Å²) in [6, 6.07) is 17.7. The summed E-state index contributed by atoms with van der Waals surface area (Å²) in [7, 11) is 0. The molecule has 0 radical (unpaired) electrons. The second-order valence-corrected chi connectivity index (χ2v) is 7.50. The smallest absolute Gasteiger partial charge is 0.308 e. The Hall–Kier alpha value is -3.76. The van der Waals surface area contributed by atoms with E-state index in [1.807, 2.05) is 30.3 Å². The van der Waals surface area contributed by atoms with Crippen LogP contribution in [0.4, 0.5) is 10.2 Å². The lowest BCUT2D eigenvalue weighted by atomic mass is 10.2. The lowest BCUT2D eigenvalue weighted by Crippen LogP contribution is -2.46. The Kier molecular flexibility index (Phi) is 6.73. The van der Waals surface area contributed by atoms with E-state index in [9.17, 15) is 9.18 Å². The normalized spacial score (nSPS) is 13.9. The van der Waals surface area contributed by atoms with E-state index in [1.54, 1.807) is 24.3 Å². The molecule has 1 aromatic heterocycles. The highest BCUT2D eigenvalue weighted by Gasteiger charge is 2.19. The molecule has 2 aromatic carbocycles. The van der Waals surface area contributed by atoms with Crippen LogP contribution in [0.25, 0.3) is 0 Å². The number of benzene rings is 2. The van der Waals surface area contributed by atoms with Crippen molar-refractivity contribution in [2.75, 3.05) is 31.1 Å². The van der Waals surface area contributed by atoms with Gasteiger partial charge in [-0.2, -0.15) is 0 Å². The molecule has 6 nitrogen and oxygen atoms in total. The Labute approximate surface area is 186 Å². The van der Waals surface area contributed by atoms with Gasteiger partial charge < -0.3 is 9.64 Å². The predicted octanol–water partition coefficient (Wildman–Crippen LogP) is 3.26. The average Bonchev–Trinajstić information content (AvgIpc) is 2.80. The van der Waals surface area contributed by atoms with Gasteiger partial charge in [-0.3, -0.25) is 9.69 Å². The Morgan fingerprint density at radius 2 is 1.81 bits per heavy atom. The lowest BCUT2D eigenvalue weighted by molar-refractivity contribution is -0.131. The van der Waals surface area contributed by atoms with Crippen LogP contribution in [0.2, 0.25) is 0 Å². The van der Waals surface area contributed by atoms with E-state index in [-0.39, 0.29) is 11.8 Å². The van der Waals surface area contributed by atoms with Gasteiger partial charge in [0.15, 0.2) is 5.82 Å². The topological polar surface area (TPSA) is 58.6 Å². The summed E-state index contributed by atoms with van der Waals surface area (Å²) < 4.78 is 19.0. The molecule has 162 valence electrons. The molecule has 1 saturated heterocycles. The maximum absolute atomic E-state index is 13.9. The summed E-state index contributed by atoms with van der Waals surface area (Å²) in [5.74, 6) is 6.73. The number of hydrogen-bond donors (Lipinski definition) is 0. The third-order valence-electron chi connectivity index (χ3n) is 5.13. The van der Waals surface area contributed by atoms with Crippen LogP contribution in [0.5, 0.6) is 5.75 Å². The Bertz CT molecular complexity index is 1150. The van der Waals surface area contributed by atoms with Crippen LogP contribution < -0.4 is 9.64 Å². The van der Waals surface area contributed by atoms with Gasteiger partial charge in [0.25, 0.3) is 0 Å². The third-order valence-corrected chi connectivity index (χ3v) is 5.13. The second-order valence-electron chi connectivity index (χ2n) is 7.50. The maximum atomic E-state index is 13.9. The van der Waals surface area contributed by atoms with E-state index in [2.05, 4.69) is 31.8 Å². The first-order valence-corrected chi connectivity index (χ1v) is 10.4. The minimum absolute atomic E-state index is 0.157. The van der Waals surface area contributed by atoms with Crippen molar-refractivity contribution in [1.29, 1.82) is 0 Å². The number of hydrogen-bond acceptors (Lipinski definition) is 6. The fourth-order valence-corrected chi connectivity index (χ4v) is 3.50. The summed E-state index contributed by atoms with van der Waals surface area (Å²) in [5.41, 5.74) is 2.01. The number of halogens is 1. The fraction of sp³-hybridized carbons (Fsp3) is 0.240. The van der Waals surface area contributed by atoms with Crippen molar-refractivity contribution in [1.82, 2.24) is 15.1 Å². The van der Waals surface area contributed by atoms with Crippen molar-refractivity contribution in [3.63, 3.8) is 0 Å². The van der Waals surface area contributed by atoms with Gasteiger partial charge in [0, 0.05) is 50.8 Å². The highest BCUT2D eigenvalue weighted by Crippen LogP contribution is 2.16. The van der Waals surface area contributed by atoms with Crippen LogP contribution in [-0.4, -0.2) is 47.2 Å². The summed E-state index contributed by atoms with van der Waals surface area (Å²) in [5, 5.41) is 8.54. The number of esters is 1. The molecule has 3 aromatic rings. The van der Waals surface area contributed by atoms with Crippen LogP contribution >= 0.6 is 0 Å². The van der Waals surface area contributed by atoms with Crippen LogP contribution in [0.1, 0.15) is 23.7 Å². The highest BCUT2D eigenvalue weighted by molar-refractivity contribution is 5.69.